The summed E-state index contributed by atoms with van der Waals surface area (Å²) in [6, 6.07) is 0. The summed E-state index contributed by atoms with van der Waals surface area (Å²) in [5.74, 6) is 2.18. The highest BCUT2D eigenvalue weighted by Crippen LogP contribution is 2.16. The summed E-state index contributed by atoms with van der Waals surface area (Å²) in [6.07, 6.45) is 2.52. The molecule has 1 saturated heterocycles. The van der Waals surface area contributed by atoms with Crippen molar-refractivity contribution in [2.24, 2.45) is 16.8 Å². The van der Waals surface area contributed by atoms with Gasteiger partial charge < -0.3 is 19.7 Å². The zero-order valence-corrected chi connectivity index (χ0v) is 14.4. The van der Waals surface area contributed by atoms with E-state index in [1.54, 1.807) is 7.11 Å². The topological polar surface area (TPSA) is 46.1 Å². The molecule has 1 aliphatic rings. The second-order valence-electron chi connectivity index (χ2n) is 6.06. The molecule has 0 aromatic carbocycles. The van der Waals surface area contributed by atoms with Crippen LogP contribution in [0.2, 0.25) is 0 Å². The Bertz CT molecular complexity index is 308. The van der Waals surface area contributed by atoms with Gasteiger partial charge in [-0.3, -0.25) is 4.99 Å². The van der Waals surface area contributed by atoms with Gasteiger partial charge >= 0.3 is 0 Å². The number of guanidine groups is 1. The molecule has 1 rings (SSSR count). The predicted molar refractivity (Wildman–Crippen MR) is 87.8 cm³/mol. The molecule has 21 heavy (non-hydrogen) atoms. The average molecular weight is 299 g/mol. The summed E-state index contributed by atoms with van der Waals surface area (Å²) in [4.78, 5) is 6.73. The zero-order chi connectivity index (χ0) is 15.7. The first kappa shape index (κ1) is 18.2. The zero-order valence-electron chi connectivity index (χ0n) is 14.4. The van der Waals surface area contributed by atoms with E-state index in [-0.39, 0.29) is 0 Å². The summed E-state index contributed by atoms with van der Waals surface area (Å²) in [5.41, 5.74) is 0. The number of nitrogens with one attached hydrogen (secondary N) is 1. The molecule has 1 fully saturated rings. The van der Waals surface area contributed by atoms with E-state index in [1.165, 1.54) is 6.42 Å². The fourth-order valence-corrected chi connectivity index (χ4v) is 2.88. The fourth-order valence-electron chi connectivity index (χ4n) is 2.88. The van der Waals surface area contributed by atoms with Crippen molar-refractivity contribution in [1.82, 2.24) is 10.2 Å². The van der Waals surface area contributed by atoms with E-state index in [9.17, 15) is 0 Å². The molecule has 2 atom stereocenters. The van der Waals surface area contributed by atoms with Gasteiger partial charge in [-0.1, -0.05) is 13.8 Å². The molecule has 1 aliphatic heterocycles. The van der Waals surface area contributed by atoms with Gasteiger partial charge in [-0.15, -0.1) is 0 Å². The van der Waals surface area contributed by atoms with Gasteiger partial charge in [0.25, 0.3) is 0 Å². The van der Waals surface area contributed by atoms with E-state index < -0.39 is 0 Å². The second kappa shape index (κ2) is 10.0. The van der Waals surface area contributed by atoms with Gasteiger partial charge in [0.1, 0.15) is 0 Å². The van der Waals surface area contributed by atoms with Crippen LogP contribution in [0.15, 0.2) is 4.99 Å². The summed E-state index contributed by atoms with van der Waals surface area (Å²) in [7, 11) is 3.63. The normalized spacial score (nSPS) is 21.1. The lowest BCUT2D eigenvalue weighted by Gasteiger charge is -2.24. The molecule has 0 saturated carbocycles. The second-order valence-corrected chi connectivity index (χ2v) is 6.06. The van der Waals surface area contributed by atoms with Crippen LogP contribution in [0.3, 0.4) is 0 Å². The van der Waals surface area contributed by atoms with Crippen molar-refractivity contribution in [3.8, 4) is 0 Å². The lowest BCUT2D eigenvalue weighted by Crippen LogP contribution is -2.41. The maximum absolute atomic E-state index is 5.78. The van der Waals surface area contributed by atoms with Crippen LogP contribution in [0.1, 0.15) is 33.6 Å². The Labute approximate surface area is 130 Å². The van der Waals surface area contributed by atoms with Crippen LogP contribution in [0, 0.1) is 11.8 Å². The van der Waals surface area contributed by atoms with E-state index >= 15 is 0 Å². The predicted octanol–water partition coefficient (Wildman–Crippen LogP) is 1.98. The molecule has 0 amide bonds. The molecular formula is C16H33N3O2. The van der Waals surface area contributed by atoms with Gasteiger partial charge in [-0.05, 0) is 25.7 Å². The van der Waals surface area contributed by atoms with Crippen molar-refractivity contribution in [3.63, 3.8) is 0 Å². The third-order valence-electron chi connectivity index (χ3n) is 4.04. The molecule has 2 unspecified atom stereocenters. The number of ether oxygens (including phenoxy) is 2. The quantitative estimate of drug-likeness (QED) is 0.550. The third kappa shape index (κ3) is 6.22. The van der Waals surface area contributed by atoms with Gasteiger partial charge in [0.2, 0.25) is 0 Å². The van der Waals surface area contributed by atoms with E-state index in [1.807, 2.05) is 7.05 Å². The van der Waals surface area contributed by atoms with Gasteiger partial charge in [-0.25, -0.2) is 0 Å². The number of aliphatic imine (C=N–C) groups is 1. The Morgan fingerprint density at radius 1 is 1.43 bits per heavy atom. The van der Waals surface area contributed by atoms with E-state index in [2.05, 4.69) is 36.0 Å². The highest BCUT2D eigenvalue weighted by Gasteiger charge is 2.24. The van der Waals surface area contributed by atoms with E-state index in [0.29, 0.717) is 17.9 Å². The van der Waals surface area contributed by atoms with Crippen LogP contribution < -0.4 is 5.32 Å². The molecule has 1 heterocycles. The fraction of sp³-hybridized carbons (Fsp3) is 0.938. The summed E-state index contributed by atoms with van der Waals surface area (Å²) in [5, 5.41) is 3.47. The largest absolute Gasteiger partial charge is 0.384 e. The van der Waals surface area contributed by atoms with E-state index in [0.717, 1.165) is 45.2 Å². The van der Waals surface area contributed by atoms with Crippen LogP contribution in [0.5, 0.6) is 0 Å². The highest BCUT2D eigenvalue weighted by molar-refractivity contribution is 5.80. The smallest absolute Gasteiger partial charge is 0.193 e. The number of rotatable bonds is 8. The van der Waals surface area contributed by atoms with Crippen molar-refractivity contribution in [1.29, 1.82) is 0 Å². The molecular weight excluding hydrogens is 266 g/mol. The summed E-state index contributed by atoms with van der Waals surface area (Å²) < 4.78 is 11.0. The molecule has 0 aromatic rings. The Morgan fingerprint density at radius 2 is 2.19 bits per heavy atom. The SMILES string of the molecule is CCOC(CCNC(=NC)N1CCC(COC)C1)C(C)C. The maximum Gasteiger partial charge on any atom is 0.193 e. The molecule has 0 radical (unpaired) electrons. The minimum Gasteiger partial charge on any atom is -0.384 e. The summed E-state index contributed by atoms with van der Waals surface area (Å²) >= 11 is 0. The van der Waals surface area contributed by atoms with Crippen molar-refractivity contribution in [3.05, 3.63) is 0 Å². The Morgan fingerprint density at radius 3 is 2.76 bits per heavy atom. The van der Waals surface area contributed by atoms with Gasteiger partial charge in [0, 0.05) is 46.3 Å². The molecule has 1 N–H and O–H groups in total. The van der Waals surface area contributed by atoms with Crippen LogP contribution in [-0.2, 0) is 9.47 Å². The number of nitrogens with zero attached hydrogens (tertiary/aromatic N) is 2. The third-order valence-corrected chi connectivity index (χ3v) is 4.04. The Balaban J connectivity index is 2.35. The van der Waals surface area contributed by atoms with Crippen LogP contribution >= 0.6 is 0 Å². The minimum absolute atomic E-state index is 0.320. The molecule has 124 valence electrons. The summed E-state index contributed by atoms with van der Waals surface area (Å²) in [6.45, 7) is 11.1. The number of hydrogen-bond acceptors (Lipinski definition) is 3. The Kier molecular flexibility index (Phi) is 8.69. The number of hydrogen-bond donors (Lipinski definition) is 1. The van der Waals surface area contributed by atoms with E-state index in [4.69, 9.17) is 9.47 Å². The molecule has 0 bridgehead atoms. The molecule has 5 heteroatoms. The van der Waals surface area contributed by atoms with Gasteiger partial charge in [-0.2, -0.15) is 0 Å². The van der Waals surface area contributed by atoms with Crippen LogP contribution in [-0.4, -0.2) is 64.0 Å². The first-order valence-electron chi connectivity index (χ1n) is 8.18. The standard InChI is InChI=1S/C16H33N3O2/c1-6-21-15(13(2)3)7-9-18-16(17-4)19-10-8-14(11-19)12-20-5/h13-15H,6-12H2,1-5H3,(H,17,18). The molecule has 0 spiro atoms. The molecule has 0 aromatic heterocycles. The first-order chi connectivity index (χ1) is 10.1. The number of methoxy groups -OCH3 is 1. The van der Waals surface area contributed by atoms with Crippen molar-refractivity contribution < 1.29 is 9.47 Å². The Hall–Kier alpha value is -0.810. The monoisotopic (exact) mass is 299 g/mol. The average Bonchev–Trinajstić information content (AvgIpc) is 2.91. The lowest BCUT2D eigenvalue weighted by molar-refractivity contribution is 0.0257. The number of likely N-dealkylation sites (tertiary alicyclic amines) is 1. The first-order valence-corrected chi connectivity index (χ1v) is 8.18. The van der Waals surface area contributed by atoms with Crippen LogP contribution in [0.4, 0.5) is 0 Å². The van der Waals surface area contributed by atoms with Crippen molar-refractivity contribution in [2.75, 3.05) is 47.0 Å². The maximum atomic E-state index is 5.78. The lowest BCUT2D eigenvalue weighted by atomic mass is 10.0. The van der Waals surface area contributed by atoms with Crippen molar-refractivity contribution >= 4 is 5.96 Å². The molecule has 5 nitrogen and oxygen atoms in total. The highest BCUT2D eigenvalue weighted by atomic mass is 16.5. The molecule has 0 aliphatic carbocycles. The minimum atomic E-state index is 0.320. The van der Waals surface area contributed by atoms with Gasteiger partial charge in [0.15, 0.2) is 5.96 Å². The van der Waals surface area contributed by atoms with Crippen LogP contribution in [0.25, 0.3) is 0 Å². The van der Waals surface area contributed by atoms with Gasteiger partial charge in [0.05, 0.1) is 12.7 Å². The van der Waals surface area contributed by atoms with Crippen molar-refractivity contribution in [2.45, 2.75) is 39.7 Å².